The molecule has 3 aromatic rings. The van der Waals surface area contributed by atoms with Crippen LogP contribution in [0.25, 0.3) is 0 Å². The number of anilines is 3. The Hall–Kier alpha value is -3.75. The summed E-state index contributed by atoms with van der Waals surface area (Å²) in [5.74, 6) is 0.721. The molecular formula is C22H23FN6O2. The second kappa shape index (κ2) is 9.38. The molecular weight excluding hydrogens is 399 g/mol. The number of piperidine rings is 1. The predicted octanol–water partition coefficient (Wildman–Crippen LogP) is 3.16. The van der Waals surface area contributed by atoms with E-state index in [-0.39, 0.29) is 23.6 Å². The number of amides is 1. The number of carbonyl (C=O) groups is 1. The lowest BCUT2D eigenvalue weighted by atomic mass is 10.1. The van der Waals surface area contributed by atoms with Gasteiger partial charge < -0.3 is 20.3 Å². The van der Waals surface area contributed by atoms with Crippen LogP contribution in [-0.2, 0) is 0 Å². The molecule has 160 valence electrons. The lowest BCUT2D eigenvalue weighted by molar-refractivity contribution is 0.0963. The van der Waals surface area contributed by atoms with E-state index in [4.69, 9.17) is 4.74 Å². The van der Waals surface area contributed by atoms with Gasteiger partial charge in [0.1, 0.15) is 12.4 Å². The molecule has 2 aromatic carbocycles. The van der Waals surface area contributed by atoms with Crippen molar-refractivity contribution in [3.63, 3.8) is 0 Å². The number of ether oxygens (including phenoxy) is 1. The fourth-order valence-electron chi connectivity index (χ4n) is 3.41. The minimum atomic E-state index is -0.349. The molecule has 0 atom stereocenters. The van der Waals surface area contributed by atoms with Gasteiger partial charge in [-0.3, -0.25) is 4.79 Å². The van der Waals surface area contributed by atoms with Crippen molar-refractivity contribution in [3.8, 4) is 5.75 Å². The van der Waals surface area contributed by atoms with Gasteiger partial charge in [0.2, 0.25) is 11.9 Å². The van der Waals surface area contributed by atoms with Crippen molar-refractivity contribution in [2.45, 2.75) is 18.9 Å². The van der Waals surface area contributed by atoms with Gasteiger partial charge in [-0.05, 0) is 30.3 Å². The zero-order valence-electron chi connectivity index (χ0n) is 17.1. The number of nitrogens with zero attached hydrogens (tertiary/aromatic N) is 4. The molecule has 0 aliphatic carbocycles. The number of nitrogens with one attached hydrogen (secondary N) is 2. The van der Waals surface area contributed by atoms with Crippen LogP contribution in [0.5, 0.6) is 5.75 Å². The molecule has 1 aliphatic heterocycles. The molecule has 31 heavy (non-hydrogen) atoms. The molecule has 1 fully saturated rings. The zero-order chi connectivity index (χ0) is 21.6. The average molecular weight is 422 g/mol. The summed E-state index contributed by atoms with van der Waals surface area (Å²) < 4.78 is 19.6. The molecule has 0 radical (unpaired) electrons. The first-order valence-corrected chi connectivity index (χ1v) is 10.1. The molecule has 0 saturated carbocycles. The average Bonchev–Trinajstić information content (AvgIpc) is 2.81. The second-order valence-corrected chi connectivity index (χ2v) is 7.13. The highest BCUT2D eigenvalue weighted by Gasteiger charge is 2.23. The Bertz CT molecular complexity index is 1060. The monoisotopic (exact) mass is 422 g/mol. The van der Waals surface area contributed by atoms with Crippen LogP contribution in [0, 0.1) is 5.82 Å². The fraction of sp³-hybridized carbons (Fsp3) is 0.273. The van der Waals surface area contributed by atoms with E-state index in [2.05, 4.69) is 30.5 Å². The Morgan fingerprint density at radius 1 is 1.13 bits per heavy atom. The van der Waals surface area contributed by atoms with E-state index in [1.54, 1.807) is 43.4 Å². The van der Waals surface area contributed by atoms with Crippen molar-refractivity contribution in [2.24, 2.45) is 0 Å². The van der Waals surface area contributed by atoms with E-state index in [9.17, 15) is 9.18 Å². The number of para-hydroxylation sites is 1. The summed E-state index contributed by atoms with van der Waals surface area (Å²) in [6, 6.07) is 13.5. The highest BCUT2D eigenvalue weighted by atomic mass is 19.1. The SMILES string of the molecule is CNC(=O)c1cccc(Nc2ncnc(N3CCC(Oc4ccccc4F)CC3)n2)c1. The third kappa shape index (κ3) is 5.06. The number of rotatable bonds is 6. The van der Waals surface area contributed by atoms with E-state index in [1.807, 2.05) is 6.07 Å². The summed E-state index contributed by atoms with van der Waals surface area (Å²) in [6.07, 6.45) is 2.86. The van der Waals surface area contributed by atoms with Crippen LogP contribution < -0.4 is 20.3 Å². The van der Waals surface area contributed by atoms with Crippen LogP contribution in [0.15, 0.2) is 54.9 Å². The van der Waals surface area contributed by atoms with Gasteiger partial charge in [-0.1, -0.05) is 18.2 Å². The number of halogens is 1. The molecule has 1 aliphatic rings. The number of benzene rings is 2. The predicted molar refractivity (Wildman–Crippen MR) is 115 cm³/mol. The van der Waals surface area contributed by atoms with Crippen molar-refractivity contribution in [3.05, 3.63) is 66.2 Å². The highest BCUT2D eigenvalue weighted by Crippen LogP contribution is 2.24. The molecule has 2 N–H and O–H groups in total. The van der Waals surface area contributed by atoms with Crippen molar-refractivity contribution in [2.75, 3.05) is 30.4 Å². The van der Waals surface area contributed by atoms with E-state index < -0.39 is 0 Å². The quantitative estimate of drug-likeness (QED) is 0.630. The number of carbonyl (C=O) groups excluding carboxylic acids is 1. The van der Waals surface area contributed by atoms with Gasteiger partial charge in [0.25, 0.3) is 5.91 Å². The van der Waals surface area contributed by atoms with Gasteiger partial charge in [0.15, 0.2) is 11.6 Å². The Morgan fingerprint density at radius 3 is 2.71 bits per heavy atom. The zero-order valence-corrected chi connectivity index (χ0v) is 17.1. The maximum Gasteiger partial charge on any atom is 0.251 e. The molecule has 4 rings (SSSR count). The van der Waals surface area contributed by atoms with Gasteiger partial charge in [-0.2, -0.15) is 4.98 Å². The minimum Gasteiger partial charge on any atom is -0.487 e. The van der Waals surface area contributed by atoms with Crippen molar-refractivity contribution < 1.29 is 13.9 Å². The summed E-state index contributed by atoms with van der Waals surface area (Å²) in [4.78, 5) is 26.8. The Labute approximate surface area is 179 Å². The van der Waals surface area contributed by atoms with Gasteiger partial charge in [-0.25, -0.2) is 14.4 Å². The van der Waals surface area contributed by atoms with E-state index in [0.717, 1.165) is 12.8 Å². The fourth-order valence-corrected chi connectivity index (χ4v) is 3.41. The molecule has 2 heterocycles. The Morgan fingerprint density at radius 2 is 1.94 bits per heavy atom. The topological polar surface area (TPSA) is 92.3 Å². The first-order chi connectivity index (χ1) is 15.1. The Kier molecular flexibility index (Phi) is 6.21. The summed E-state index contributed by atoms with van der Waals surface area (Å²) in [7, 11) is 1.59. The molecule has 0 spiro atoms. The lowest BCUT2D eigenvalue weighted by Crippen LogP contribution is -2.39. The normalized spacial score (nSPS) is 14.2. The largest absolute Gasteiger partial charge is 0.487 e. The van der Waals surface area contributed by atoms with Crippen LogP contribution >= 0.6 is 0 Å². The third-order valence-electron chi connectivity index (χ3n) is 5.02. The number of hydrogen-bond donors (Lipinski definition) is 2. The van der Waals surface area contributed by atoms with Crippen molar-refractivity contribution in [1.29, 1.82) is 0 Å². The Balaban J connectivity index is 1.38. The summed E-state index contributed by atoms with van der Waals surface area (Å²) >= 11 is 0. The first kappa shape index (κ1) is 20.5. The summed E-state index contributed by atoms with van der Waals surface area (Å²) in [5, 5.41) is 5.72. The van der Waals surface area contributed by atoms with E-state index in [0.29, 0.717) is 36.2 Å². The lowest BCUT2D eigenvalue weighted by Gasteiger charge is -2.32. The molecule has 1 aromatic heterocycles. The van der Waals surface area contributed by atoms with Gasteiger partial charge in [0.05, 0.1) is 0 Å². The van der Waals surface area contributed by atoms with Crippen molar-refractivity contribution >= 4 is 23.5 Å². The van der Waals surface area contributed by atoms with E-state index >= 15 is 0 Å². The van der Waals surface area contributed by atoms with Crippen molar-refractivity contribution in [1.82, 2.24) is 20.3 Å². The van der Waals surface area contributed by atoms with Gasteiger partial charge in [-0.15, -0.1) is 0 Å². The highest BCUT2D eigenvalue weighted by molar-refractivity contribution is 5.95. The summed E-state index contributed by atoms with van der Waals surface area (Å²) in [6.45, 7) is 1.38. The van der Waals surface area contributed by atoms with Crippen LogP contribution in [0.1, 0.15) is 23.2 Å². The maximum atomic E-state index is 13.8. The molecule has 8 nitrogen and oxygen atoms in total. The third-order valence-corrected chi connectivity index (χ3v) is 5.02. The van der Waals surface area contributed by atoms with Crippen LogP contribution in [0.3, 0.4) is 0 Å². The maximum absolute atomic E-state index is 13.8. The second-order valence-electron chi connectivity index (χ2n) is 7.13. The minimum absolute atomic E-state index is 0.0555. The van der Waals surface area contributed by atoms with E-state index in [1.165, 1.54) is 12.4 Å². The molecule has 1 amide bonds. The first-order valence-electron chi connectivity index (χ1n) is 10.1. The van der Waals surface area contributed by atoms with Gasteiger partial charge in [0, 0.05) is 44.2 Å². The van der Waals surface area contributed by atoms with Crippen LogP contribution in [-0.4, -0.2) is 47.1 Å². The van der Waals surface area contributed by atoms with Crippen LogP contribution in [0.2, 0.25) is 0 Å². The standard InChI is InChI=1S/C22H23FN6O2/c1-24-20(30)15-5-4-6-16(13-15)27-21-25-14-26-22(28-21)29-11-9-17(10-12-29)31-19-8-3-2-7-18(19)23/h2-8,13-14,17H,9-12H2,1H3,(H,24,30)(H,25,26,27,28). The molecule has 1 saturated heterocycles. The molecule has 0 bridgehead atoms. The molecule has 0 unspecified atom stereocenters. The molecule has 9 heteroatoms. The number of aromatic nitrogens is 3. The van der Waals surface area contributed by atoms with Crippen LogP contribution in [0.4, 0.5) is 22.0 Å². The number of hydrogen-bond acceptors (Lipinski definition) is 7. The van der Waals surface area contributed by atoms with Gasteiger partial charge >= 0.3 is 0 Å². The smallest absolute Gasteiger partial charge is 0.251 e. The summed E-state index contributed by atoms with van der Waals surface area (Å²) in [5.41, 5.74) is 1.24.